The third kappa shape index (κ3) is 1.99. The van der Waals surface area contributed by atoms with Crippen LogP contribution in [0.1, 0.15) is 25.6 Å². The number of nitrogens with zero attached hydrogens (tertiary/aromatic N) is 4. The van der Waals surface area contributed by atoms with Crippen LogP contribution in [0.25, 0.3) is 22.3 Å². The maximum Gasteiger partial charge on any atom is 0.164 e. The van der Waals surface area contributed by atoms with Crippen molar-refractivity contribution < 1.29 is 0 Å². The Balaban J connectivity index is 2.33. The zero-order valence-electron chi connectivity index (χ0n) is 11.3. The van der Waals surface area contributed by atoms with E-state index < -0.39 is 0 Å². The Bertz CT molecular complexity index is 728. The highest BCUT2D eigenvalue weighted by Gasteiger charge is 2.13. The second-order valence-corrected chi connectivity index (χ2v) is 4.98. The Kier molecular flexibility index (Phi) is 2.78. The summed E-state index contributed by atoms with van der Waals surface area (Å²) < 4.78 is 2.08. The molecule has 0 aliphatic heterocycles. The summed E-state index contributed by atoms with van der Waals surface area (Å²) in [6.07, 6.45) is 1.78. The summed E-state index contributed by atoms with van der Waals surface area (Å²) >= 11 is 0. The predicted octanol–water partition coefficient (Wildman–Crippen LogP) is 3.38. The second kappa shape index (κ2) is 4.46. The molecule has 19 heavy (non-hydrogen) atoms. The van der Waals surface area contributed by atoms with Crippen molar-refractivity contribution >= 4 is 10.9 Å². The minimum Gasteiger partial charge on any atom is -0.311 e. The van der Waals surface area contributed by atoms with Gasteiger partial charge >= 0.3 is 0 Å². The minimum atomic E-state index is 0.331. The van der Waals surface area contributed by atoms with Crippen LogP contribution in [-0.4, -0.2) is 19.7 Å². The van der Waals surface area contributed by atoms with Crippen LogP contribution >= 0.6 is 0 Å². The fraction of sp³-hybridized carbons (Fsp3) is 0.267. The van der Waals surface area contributed by atoms with Crippen molar-refractivity contribution in [3.05, 3.63) is 42.4 Å². The van der Waals surface area contributed by atoms with Gasteiger partial charge in [-0.05, 0) is 32.9 Å². The monoisotopic (exact) mass is 252 g/mol. The molecule has 0 atom stereocenters. The molecule has 3 aromatic rings. The molecule has 0 aliphatic rings. The van der Waals surface area contributed by atoms with E-state index in [1.165, 1.54) is 0 Å². The molecule has 1 aromatic carbocycles. The van der Waals surface area contributed by atoms with Crippen LogP contribution in [0.2, 0.25) is 0 Å². The van der Waals surface area contributed by atoms with Crippen molar-refractivity contribution in [2.75, 3.05) is 0 Å². The van der Waals surface area contributed by atoms with E-state index in [0.717, 1.165) is 28.0 Å². The summed E-state index contributed by atoms with van der Waals surface area (Å²) in [5.74, 6) is 0.900. The first-order valence-electron chi connectivity index (χ1n) is 6.43. The highest BCUT2D eigenvalue weighted by molar-refractivity contribution is 5.92. The summed E-state index contributed by atoms with van der Waals surface area (Å²) in [6, 6.07) is 10.5. The van der Waals surface area contributed by atoms with Gasteiger partial charge in [0.2, 0.25) is 0 Å². The topological polar surface area (TPSA) is 43.6 Å². The Hall–Kier alpha value is -2.23. The van der Waals surface area contributed by atoms with Crippen LogP contribution in [0.5, 0.6) is 0 Å². The quantitative estimate of drug-likeness (QED) is 0.702. The molecule has 96 valence electrons. The molecule has 0 unspecified atom stereocenters. The maximum atomic E-state index is 4.56. The summed E-state index contributed by atoms with van der Waals surface area (Å²) in [6.45, 7) is 6.26. The number of rotatable bonds is 2. The van der Waals surface area contributed by atoms with Gasteiger partial charge in [0, 0.05) is 22.7 Å². The number of hydrogen-bond donors (Lipinski definition) is 0. The molecular weight excluding hydrogens is 236 g/mol. The Morgan fingerprint density at radius 1 is 1.16 bits per heavy atom. The molecule has 0 amide bonds. The van der Waals surface area contributed by atoms with E-state index >= 15 is 0 Å². The van der Waals surface area contributed by atoms with Gasteiger partial charge in [0.1, 0.15) is 6.33 Å². The molecule has 4 nitrogen and oxygen atoms in total. The molecule has 4 heteroatoms. The molecule has 2 aromatic heterocycles. The average Bonchev–Trinajstić information content (AvgIpc) is 2.86. The number of benzene rings is 1. The average molecular weight is 252 g/mol. The standard InChI is InChI=1S/C15H16N4/c1-10(2)19-9-16-18-15(19)13-8-11(3)17-14-7-5-4-6-12(13)14/h4-10H,1-3H3. The highest BCUT2D eigenvalue weighted by Crippen LogP contribution is 2.28. The zero-order chi connectivity index (χ0) is 13.4. The van der Waals surface area contributed by atoms with Crippen LogP contribution < -0.4 is 0 Å². The molecule has 0 radical (unpaired) electrons. The van der Waals surface area contributed by atoms with Crippen molar-refractivity contribution in [3.63, 3.8) is 0 Å². The number of aryl methyl sites for hydroxylation is 1. The van der Waals surface area contributed by atoms with Crippen LogP contribution in [0, 0.1) is 6.92 Å². The largest absolute Gasteiger partial charge is 0.311 e. The molecule has 0 saturated carbocycles. The van der Waals surface area contributed by atoms with Gasteiger partial charge < -0.3 is 4.57 Å². The van der Waals surface area contributed by atoms with Gasteiger partial charge in [-0.2, -0.15) is 0 Å². The SMILES string of the molecule is Cc1cc(-c2nncn2C(C)C)c2ccccc2n1. The first kappa shape index (κ1) is 11.8. The van der Waals surface area contributed by atoms with Crippen molar-refractivity contribution in [1.29, 1.82) is 0 Å². The fourth-order valence-corrected chi connectivity index (χ4v) is 2.31. The second-order valence-electron chi connectivity index (χ2n) is 4.98. The number of hydrogen-bond acceptors (Lipinski definition) is 3. The van der Waals surface area contributed by atoms with Crippen molar-refractivity contribution in [2.24, 2.45) is 0 Å². The van der Waals surface area contributed by atoms with Gasteiger partial charge in [-0.25, -0.2) is 0 Å². The summed E-state index contributed by atoms with van der Waals surface area (Å²) in [4.78, 5) is 4.56. The fourth-order valence-electron chi connectivity index (χ4n) is 2.31. The molecule has 0 N–H and O–H groups in total. The summed E-state index contributed by atoms with van der Waals surface area (Å²) in [7, 11) is 0. The Morgan fingerprint density at radius 2 is 1.95 bits per heavy atom. The highest BCUT2D eigenvalue weighted by atomic mass is 15.3. The van der Waals surface area contributed by atoms with Crippen molar-refractivity contribution in [2.45, 2.75) is 26.8 Å². The van der Waals surface area contributed by atoms with Crippen LogP contribution in [0.4, 0.5) is 0 Å². The third-order valence-electron chi connectivity index (χ3n) is 3.21. The van der Waals surface area contributed by atoms with E-state index in [0.29, 0.717) is 6.04 Å². The van der Waals surface area contributed by atoms with Gasteiger partial charge in [-0.15, -0.1) is 10.2 Å². The molecule has 0 spiro atoms. The smallest absolute Gasteiger partial charge is 0.164 e. The molecule has 0 fully saturated rings. The lowest BCUT2D eigenvalue weighted by Gasteiger charge is -2.12. The molecule has 0 bridgehead atoms. The van der Waals surface area contributed by atoms with Crippen LogP contribution in [-0.2, 0) is 0 Å². The maximum absolute atomic E-state index is 4.56. The molecule has 0 aliphatic carbocycles. The first-order chi connectivity index (χ1) is 9.16. The van der Waals surface area contributed by atoms with E-state index in [4.69, 9.17) is 0 Å². The Morgan fingerprint density at radius 3 is 2.74 bits per heavy atom. The molecule has 0 saturated heterocycles. The lowest BCUT2D eigenvalue weighted by atomic mass is 10.1. The lowest BCUT2D eigenvalue weighted by molar-refractivity contribution is 0.604. The van der Waals surface area contributed by atoms with Crippen molar-refractivity contribution in [1.82, 2.24) is 19.7 Å². The normalized spacial score (nSPS) is 11.4. The number of pyridine rings is 1. The van der Waals surface area contributed by atoms with Gasteiger partial charge in [-0.3, -0.25) is 4.98 Å². The van der Waals surface area contributed by atoms with E-state index in [-0.39, 0.29) is 0 Å². The predicted molar refractivity (Wildman–Crippen MR) is 75.9 cm³/mol. The third-order valence-corrected chi connectivity index (χ3v) is 3.21. The summed E-state index contributed by atoms with van der Waals surface area (Å²) in [5.41, 5.74) is 3.08. The van der Waals surface area contributed by atoms with Gasteiger partial charge in [0.25, 0.3) is 0 Å². The van der Waals surface area contributed by atoms with Crippen molar-refractivity contribution in [3.8, 4) is 11.4 Å². The first-order valence-corrected chi connectivity index (χ1v) is 6.43. The minimum absolute atomic E-state index is 0.331. The van der Waals surface area contributed by atoms with E-state index in [2.05, 4.69) is 45.7 Å². The van der Waals surface area contributed by atoms with Crippen LogP contribution in [0.3, 0.4) is 0 Å². The number of aromatic nitrogens is 4. The lowest BCUT2D eigenvalue weighted by Crippen LogP contribution is -2.02. The number of fused-ring (bicyclic) bond motifs is 1. The number of para-hydroxylation sites is 1. The zero-order valence-corrected chi connectivity index (χ0v) is 11.3. The molecule has 2 heterocycles. The van der Waals surface area contributed by atoms with Crippen LogP contribution in [0.15, 0.2) is 36.7 Å². The van der Waals surface area contributed by atoms with Gasteiger partial charge in [-0.1, -0.05) is 18.2 Å². The molecule has 3 rings (SSSR count). The van der Waals surface area contributed by atoms with E-state index in [1.807, 2.05) is 25.1 Å². The van der Waals surface area contributed by atoms with E-state index in [9.17, 15) is 0 Å². The van der Waals surface area contributed by atoms with E-state index in [1.54, 1.807) is 6.33 Å². The molecular formula is C15H16N4. The van der Waals surface area contributed by atoms with Gasteiger partial charge in [0.15, 0.2) is 5.82 Å². The summed E-state index contributed by atoms with van der Waals surface area (Å²) in [5, 5.41) is 9.45. The van der Waals surface area contributed by atoms with Gasteiger partial charge in [0.05, 0.1) is 5.52 Å². The Labute approximate surface area is 112 Å².